The minimum atomic E-state index is -3.23. The fraction of sp³-hybridized carbons (Fsp3) is 0.500. The van der Waals surface area contributed by atoms with E-state index in [1.165, 1.54) is 6.07 Å². The van der Waals surface area contributed by atoms with E-state index in [2.05, 4.69) is 15.6 Å². The maximum atomic E-state index is 12.9. The lowest BCUT2D eigenvalue weighted by Gasteiger charge is -2.16. The van der Waals surface area contributed by atoms with Crippen molar-refractivity contribution in [2.24, 2.45) is 0 Å². The van der Waals surface area contributed by atoms with Gasteiger partial charge in [-0.25, -0.2) is 13.8 Å². The Morgan fingerprint density at radius 1 is 1.28 bits per heavy atom. The number of rotatable bonds is 6. The first-order valence-corrected chi connectivity index (χ1v) is 5.97. The number of hydrogen-bond acceptors (Lipinski definition) is 4. The quantitative estimate of drug-likeness (QED) is 0.756. The Balaban J connectivity index is 2.85. The Bertz CT molecular complexity index is 418. The van der Waals surface area contributed by atoms with Crippen molar-refractivity contribution in [1.29, 1.82) is 0 Å². The van der Waals surface area contributed by atoms with E-state index in [0.717, 1.165) is 0 Å². The summed E-state index contributed by atoms with van der Waals surface area (Å²) in [6.07, 6.45) is 0. The molecular formula is C10H13Cl2F2N3O. The van der Waals surface area contributed by atoms with Gasteiger partial charge in [-0.2, -0.15) is 0 Å². The van der Waals surface area contributed by atoms with Gasteiger partial charge in [0, 0.05) is 6.54 Å². The van der Waals surface area contributed by atoms with Gasteiger partial charge < -0.3 is 15.7 Å². The van der Waals surface area contributed by atoms with E-state index in [1.807, 2.05) is 6.92 Å². The molecule has 1 aromatic rings. The number of alkyl halides is 2. The highest BCUT2D eigenvalue weighted by Crippen LogP contribution is 2.29. The molecule has 0 radical (unpaired) electrons. The van der Waals surface area contributed by atoms with Gasteiger partial charge in [-0.1, -0.05) is 23.2 Å². The van der Waals surface area contributed by atoms with E-state index in [1.54, 1.807) is 0 Å². The molecule has 8 heteroatoms. The van der Waals surface area contributed by atoms with Crippen LogP contribution in [0.4, 0.5) is 20.4 Å². The molecule has 0 aliphatic carbocycles. The molecule has 1 aromatic heterocycles. The lowest BCUT2D eigenvalue weighted by atomic mass is 10.3. The van der Waals surface area contributed by atoms with Crippen molar-refractivity contribution >= 4 is 34.8 Å². The van der Waals surface area contributed by atoms with Gasteiger partial charge in [0.1, 0.15) is 18.2 Å². The largest absolute Gasteiger partial charge is 0.390 e. The predicted octanol–water partition coefficient (Wildman–Crippen LogP) is 2.86. The Morgan fingerprint density at radius 2 is 1.83 bits per heavy atom. The third-order valence-electron chi connectivity index (χ3n) is 2.02. The van der Waals surface area contributed by atoms with Gasteiger partial charge >= 0.3 is 0 Å². The Morgan fingerprint density at radius 3 is 2.33 bits per heavy atom. The molecule has 4 nitrogen and oxygen atoms in total. The molecule has 0 aliphatic rings. The Hall–Kier alpha value is -0.850. The molecule has 1 rings (SSSR count). The second kappa shape index (κ2) is 6.36. The molecule has 0 saturated heterocycles. The van der Waals surface area contributed by atoms with Crippen molar-refractivity contribution in [1.82, 2.24) is 4.98 Å². The third kappa shape index (κ3) is 4.12. The van der Waals surface area contributed by atoms with Gasteiger partial charge in [-0.05, 0) is 13.0 Å². The molecule has 0 aromatic carbocycles. The number of nitrogens with one attached hydrogen (secondary N) is 2. The summed E-state index contributed by atoms with van der Waals surface area (Å²) in [5.41, 5.74) is 0. The topological polar surface area (TPSA) is 57.2 Å². The SMILES string of the molecule is CCNc1nc(NCC(F)(F)CO)c(Cl)cc1Cl. The van der Waals surface area contributed by atoms with Crippen molar-refractivity contribution in [3.8, 4) is 0 Å². The predicted molar refractivity (Wildman–Crippen MR) is 68.9 cm³/mol. The minimum Gasteiger partial charge on any atom is -0.390 e. The van der Waals surface area contributed by atoms with Crippen LogP contribution < -0.4 is 10.6 Å². The lowest BCUT2D eigenvalue weighted by Crippen LogP contribution is -2.31. The van der Waals surface area contributed by atoms with E-state index in [4.69, 9.17) is 28.3 Å². The zero-order valence-electron chi connectivity index (χ0n) is 9.60. The van der Waals surface area contributed by atoms with Gasteiger partial charge in [0.05, 0.1) is 16.6 Å². The molecule has 0 bridgehead atoms. The van der Waals surface area contributed by atoms with Crippen molar-refractivity contribution in [2.75, 3.05) is 30.3 Å². The molecule has 0 spiro atoms. The summed E-state index contributed by atoms with van der Waals surface area (Å²) in [6, 6.07) is 1.41. The fourth-order valence-corrected chi connectivity index (χ4v) is 1.64. The summed E-state index contributed by atoms with van der Waals surface area (Å²) in [5, 5.41) is 14.1. The van der Waals surface area contributed by atoms with Crippen LogP contribution in [-0.4, -0.2) is 35.7 Å². The van der Waals surface area contributed by atoms with E-state index in [0.29, 0.717) is 17.4 Å². The number of aromatic nitrogens is 1. The second-order valence-corrected chi connectivity index (χ2v) is 4.36. The van der Waals surface area contributed by atoms with Crippen LogP contribution >= 0.6 is 23.2 Å². The van der Waals surface area contributed by atoms with Crippen molar-refractivity contribution < 1.29 is 13.9 Å². The number of nitrogens with zero attached hydrogens (tertiary/aromatic N) is 1. The first-order chi connectivity index (χ1) is 8.39. The number of aliphatic hydroxyl groups is 1. The number of anilines is 2. The zero-order valence-corrected chi connectivity index (χ0v) is 11.1. The summed E-state index contributed by atoms with van der Waals surface area (Å²) in [4.78, 5) is 4.00. The highest BCUT2D eigenvalue weighted by Gasteiger charge is 2.27. The van der Waals surface area contributed by atoms with Crippen LogP contribution in [0.3, 0.4) is 0 Å². The van der Waals surface area contributed by atoms with Crippen LogP contribution in [0.5, 0.6) is 0 Å². The zero-order chi connectivity index (χ0) is 13.8. The first-order valence-electron chi connectivity index (χ1n) is 5.22. The van der Waals surface area contributed by atoms with Crippen LogP contribution in [0.1, 0.15) is 6.92 Å². The number of hydrogen-bond donors (Lipinski definition) is 3. The van der Waals surface area contributed by atoms with Crippen molar-refractivity contribution in [3.63, 3.8) is 0 Å². The monoisotopic (exact) mass is 299 g/mol. The average Bonchev–Trinajstić information content (AvgIpc) is 2.31. The average molecular weight is 300 g/mol. The molecule has 102 valence electrons. The first kappa shape index (κ1) is 15.2. The van der Waals surface area contributed by atoms with Gasteiger partial charge in [0.2, 0.25) is 0 Å². The summed E-state index contributed by atoms with van der Waals surface area (Å²) < 4.78 is 25.7. The van der Waals surface area contributed by atoms with E-state index >= 15 is 0 Å². The Kier molecular flexibility index (Phi) is 5.37. The summed E-state index contributed by atoms with van der Waals surface area (Å²) in [5.74, 6) is -2.79. The van der Waals surface area contributed by atoms with E-state index in [-0.39, 0.29) is 10.8 Å². The molecule has 0 saturated carbocycles. The number of pyridine rings is 1. The summed E-state index contributed by atoms with van der Waals surface area (Å²) in [7, 11) is 0. The summed E-state index contributed by atoms with van der Waals surface area (Å²) in [6.45, 7) is 0.426. The number of aliphatic hydroxyl groups excluding tert-OH is 1. The van der Waals surface area contributed by atoms with Crippen LogP contribution in [-0.2, 0) is 0 Å². The maximum absolute atomic E-state index is 12.9. The van der Waals surface area contributed by atoms with Crippen LogP contribution in [0.2, 0.25) is 10.0 Å². The molecule has 0 unspecified atom stereocenters. The van der Waals surface area contributed by atoms with Gasteiger partial charge in [-0.15, -0.1) is 0 Å². The molecule has 0 atom stereocenters. The summed E-state index contributed by atoms with van der Waals surface area (Å²) >= 11 is 11.7. The molecule has 18 heavy (non-hydrogen) atoms. The second-order valence-electron chi connectivity index (χ2n) is 3.55. The highest BCUT2D eigenvalue weighted by molar-refractivity contribution is 6.37. The number of halogens is 4. The van der Waals surface area contributed by atoms with Gasteiger partial charge in [-0.3, -0.25) is 0 Å². The van der Waals surface area contributed by atoms with Gasteiger partial charge in [0.25, 0.3) is 5.92 Å². The van der Waals surface area contributed by atoms with E-state index < -0.39 is 19.1 Å². The highest BCUT2D eigenvalue weighted by atomic mass is 35.5. The van der Waals surface area contributed by atoms with Crippen LogP contribution in [0.15, 0.2) is 6.07 Å². The molecule has 0 amide bonds. The molecule has 3 N–H and O–H groups in total. The normalized spacial score (nSPS) is 11.4. The standard InChI is InChI=1S/C10H13Cl2F2N3O/c1-2-15-8-6(11)3-7(12)9(17-8)16-4-10(13,14)5-18/h3,18H,2,4-5H2,1H3,(H2,15,16,17). The molecular weight excluding hydrogens is 287 g/mol. The molecule has 1 heterocycles. The fourth-order valence-electron chi connectivity index (χ4n) is 1.15. The van der Waals surface area contributed by atoms with Gasteiger partial charge in [0.15, 0.2) is 0 Å². The van der Waals surface area contributed by atoms with Crippen molar-refractivity contribution in [3.05, 3.63) is 16.1 Å². The molecule has 0 fully saturated rings. The smallest absolute Gasteiger partial charge is 0.287 e. The maximum Gasteiger partial charge on any atom is 0.287 e. The lowest BCUT2D eigenvalue weighted by molar-refractivity contribution is -0.0373. The molecule has 0 aliphatic heterocycles. The van der Waals surface area contributed by atoms with Crippen LogP contribution in [0.25, 0.3) is 0 Å². The third-order valence-corrected chi connectivity index (χ3v) is 2.60. The minimum absolute atomic E-state index is 0.0881. The van der Waals surface area contributed by atoms with Crippen molar-refractivity contribution in [2.45, 2.75) is 12.8 Å². The Labute approximate surface area is 113 Å². The van der Waals surface area contributed by atoms with E-state index in [9.17, 15) is 8.78 Å². The van der Waals surface area contributed by atoms with Crippen LogP contribution in [0, 0.1) is 0 Å².